The Morgan fingerprint density at radius 2 is 1.69 bits per heavy atom. The first kappa shape index (κ1) is 22.9. The third-order valence-electron chi connectivity index (χ3n) is 6.25. The summed E-state index contributed by atoms with van der Waals surface area (Å²) < 4.78 is 10.1. The lowest BCUT2D eigenvalue weighted by Crippen LogP contribution is -2.41. The van der Waals surface area contributed by atoms with Crippen LogP contribution < -0.4 is 11.2 Å². The van der Waals surface area contributed by atoms with Gasteiger partial charge >= 0.3 is 5.69 Å². The van der Waals surface area contributed by atoms with E-state index in [1.807, 2.05) is 44.2 Å². The van der Waals surface area contributed by atoms with Gasteiger partial charge in [0.25, 0.3) is 5.56 Å². The van der Waals surface area contributed by atoms with Crippen LogP contribution >= 0.6 is 11.6 Å². The van der Waals surface area contributed by atoms with Crippen LogP contribution in [0.2, 0.25) is 5.02 Å². The van der Waals surface area contributed by atoms with Gasteiger partial charge in [0.05, 0.1) is 13.1 Å². The van der Waals surface area contributed by atoms with Crippen molar-refractivity contribution < 1.29 is 4.52 Å². The SMILES string of the molecule is CCc1nc2c(c(=O)n(Cc3ccc(Cl)cc3)c(=O)n2Cc2c(-c3ccccc3)noc2C)n1C. The van der Waals surface area contributed by atoms with Crippen molar-refractivity contribution in [1.82, 2.24) is 23.8 Å². The highest BCUT2D eigenvalue weighted by Gasteiger charge is 2.23. The van der Waals surface area contributed by atoms with Crippen LogP contribution in [0.4, 0.5) is 0 Å². The summed E-state index contributed by atoms with van der Waals surface area (Å²) in [6, 6.07) is 16.8. The maximum Gasteiger partial charge on any atom is 0.333 e. The molecule has 2 aromatic carbocycles. The molecule has 0 atom stereocenters. The van der Waals surface area contributed by atoms with Crippen LogP contribution in [0.3, 0.4) is 0 Å². The van der Waals surface area contributed by atoms with Gasteiger partial charge in [0, 0.05) is 29.6 Å². The molecular formula is C26H24ClN5O3. The van der Waals surface area contributed by atoms with Gasteiger partial charge in [-0.2, -0.15) is 0 Å². The minimum atomic E-state index is -0.446. The fourth-order valence-electron chi connectivity index (χ4n) is 4.34. The molecule has 0 saturated heterocycles. The summed E-state index contributed by atoms with van der Waals surface area (Å²) in [6.45, 7) is 4.06. The molecule has 0 aliphatic rings. The third-order valence-corrected chi connectivity index (χ3v) is 6.50. The minimum Gasteiger partial charge on any atom is -0.361 e. The first-order valence-corrected chi connectivity index (χ1v) is 11.7. The number of benzene rings is 2. The number of aromatic nitrogens is 5. The molecule has 0 spiro atoms. The van der Waals surface area contributed by atoms with Crippen molar-refractivity contribution in [3.05, 3.63) is 103 Å². The molecule has 0 fully saturated rings. The second-order valence-corrected chi connectivity index (χ2v) is 8.87. The monoisotopic (exact) mass is 489 g/mol. The van der Waals surface area contributed by atoms with Gasteiger partial charge in [0.2, 0.25) is 0 Å². The number of fused-ring (bicyclic) bond motifs is 1. The average Bonchev–Trinajstić information content (AvgIpc) is 3.40. The van der Waals surface area contributed by atoms with E-state index in [0.29, 0.717) is 34.1 Å². The number of rotatable bonds is 6. The Bertz CT molecular complexity index is 1640. The smallest absolute Gasteiger partial charge is 0.333 e. The summed E-state index contributed by atoms with van der Waals surface area (Å²) in [5, 5.41) is 4.84. The Hall–Kier alpha value is -3.91. The van der Waals surface area contributed by atoms with Crippen molar-refractivity contribution >= 4 is 22.8 Å². The van der Waals surface area contributed by atoms with E-state index < -0.39 is 5.69 Å². The summed E-state index contributed by atoms with van der Waals surface area (Å²) in [6.07, 6.45) is 0.623. The van der Waals surface area contributed by atoms with Crippen molar-refractivity contribution in [3.8, 4) is 11.3 Å². The van der Waals surface area contributed by atoms with Crippen molar-refractivity contribution in [2.24, 2.45) is 7.05 Å². The van der Waals surface area contributed by atoms with Crippen LogP contribution in [0.5, 0.6) is 0 Å². The van der Waals surface area contributed by atoms with Crippen LogP contribution in [0.25, 0.3) is 22.4 Å². The van der Waals surface area contributed by atoms with Crippen molar-refractivity contribution in [3.63, 3.8) is 0 Å². The van der Waals surface area contributed by atoms with Gasteiger partial charge in [-0.3, -0.25) is 13.9 Å². The molecule has 5 aromatic rings. The molecule has 178 valence electrons. The summed E-state index contributed by atoms with van der Waals surface area (Å²) >= 11 is 6.02. The molecule has 0 unspecified atom stereocenters. The molecule has 3 aromatic heterocycles. The van der Waals surface area contributed by atoms with E-state index in [0.717, 1.165) is 22.5 Å². The van der Waals surface area contributed by atoms with E-state index in [4.69, 9.17) is 16.1 Å². The predicted octanol–water partition coefficient (Wildman–Crippen LogP) is 4.17. The predicted molar refractivity (Wildman–Crippen MR) is 135 cm³/mol. The summed E-state index contributed by atoms with van der Waals surface area (Å²) in [7, 11) is 1.80. The molecule has 0 bridgehead atoms. The molecule has 3 heterocycles. The number of nitrogens with zero attached hydrogens (tertiary/aromatic N) is 5. The lowest BCUT2D eigenvalue weighted by molar-refractivity contribution is 0.397. The van der Waals surface area contributed by atoms with Gasteiger partial charge in [-0.05, 0) is 24.6 Å². The molecule has 0 radical (unpaired) electrons. The molecule has 9 heteroatoms. The standard InChI is InChI=1S/C26H24ClN5O3/c1-4-21-28-24-23(30(21)3)25(33)32(14-17-10-12-19(27)13-11-17)26(34)31(24)15-20-16(2)35-29-22(20)18-8-6-5-7-9-18/h5-13H,4,14-15H2,1-3H3. The topological polar surface area (TPSA) is 87.8 Å². The molecule has 0 N–H and O–H groups in total. The second kappa shape index (κ2) is 9.03. The van der Waals surface area contributed by atoms with Crippen LogP contribution in [0.15, 0.2) is 68.7 Å². The first-order chi connectivity index (χ1) is 16.9. The van der Waals surface area contributed by atoms with E-state index in [1.54, 1.807) is 35.9 Å². The van der Waals surface area contributed by atoms with Gasteiger partial charge in [-0.15, -0.1) is 0 Å². The highest BCUT2D eigenvalue weighted by Crippen LogP contribution is 2.26. The maximum absolute atomic E-state index is 13.8. The number of hydrogen-bond donors (Lipinski definition) is 0. The van der Waals surface area contributed by atoms with Crippen LogP contribution in [-0.2, 0) is 26.6 Å². The summed E-state index contributed by atoms with van der Waals surface area (Å²) in [5.74, 6) is 1.32. The van der Waals surface area contributed by atoms with Gasteiger partial charge < -0.3 is 9.09 Å². The van der Waals surface area contributed by atoms with E-state index >= 15 is 0 Å². The molecule has 8 nitrogen and oxygen atoms in total. The van der Waals surface area contributed by atoms with E-state index in [-0.39, 0.29) is 18.6 Å². The Labute approximate surface area is 206 Å². The highest BCUT2D eigenvalue weighted by molar-refractivity contribution is 6.30. The Balaban J connectivity index is 1.73. The number of imidazole rings is 1. The van der Waals surface area contributed by atoms with Crippen molar-refractivity contribution in [2.45, 2.75) is 33.4 Å². The number of aryl methyl sites for hydroxylation is 3. The lowest BCUT2D eigenvalue weighted by atomic mass is 10.1. The van der Waals surface area contributed by atoms with Crippen LogP contribution in [-0.4, -0.2) is 23.8 Å². The molecule has 0 aliphatic heterocycles. The largest absolute Gasteiger partial charge is 0.361 e. The second-order valence-electron chi connectivity index (χ2n) is 8.43. The molecule has 0 saturated carbocycles. The molecular weight excluding hydrogens is 466 g/mol. The number of hydrogen-bond acceptors (Lipinski definition) is 5. The Kier molecular flexibility index (Phi) is 5.90. The van der Waals surface area contributed by atoms with Gasteiger partial charge in [0.1, 0.15) is 17.3 Å². The normalized spacial score (nSPS) is 11.4. The fourth-order valence-corrected chi connectivity index (χ4v) is 4.46. The zero-order valence-electron chi connectivity index (χ0n) is 19.7. The summed E-state index contributed by atoms with van der Waals surface area (Å²) in [4.78, 5) is 32.0. The Morgan fingerprint density at radius 3 is 2.37 bits per heavy atom. The van der Waals surface area contributed by atoms with E-state index in [9.17, 15) is 9.59 Å². The molecule has 5 rings (SSSR count). The van der Waals surface area contributed by atoms with E-state index in [1.165, 1.54) is 9.13 Å². The van der Waals surface area contributed by atoms with Crippen LogP contribution in [0, 0.1) is 6.92 Å². The Morgan fingerprint density at radius 1 is 0.971 bits per heavy atom. The molecule has 0 aliphatic carbocycles. The van der Waals surface area contributed by atoms with Crippen LogP contribution in [0.1, 0.15) is 29.6 Å². The first-order valence-electron chi connectivity index (χ1n) is 11.3. The van der Waals surface area contributed by atoms with Gasteiger partial charge in [-0.25, -0.2) is 9.78 Å². The van der Waals surface area contributed by atoms with E-state index in [2.05, 4.69) is 10.1 Å². The van der Waals surface area contributed by atoms with Crippen molar-refractivity contribution in [1.29, 1.82) is 0 Å². The minimum absolute atomic E-state index is 0.117. The number of halogens is 1. The zero-order chi connectivity index (χ0) is 24.7. The van der Waals surface area contributed by atoms with Gasteiger partial charge in [0.15, 0.2) is 11.2 Å². The highest BCUT2D eigenvalue weighted by atomic mass is 35.5. The average molecular weight is 490 g/mol. The zero-order valence-corrected chi connectivity index (χ0v) is 20.4. The third kappa shape index (κ3) is 4.00. The maximum atomic E-state index is 13.8. The lowest BCUT2D eigenvalue weighted by Gasteiger charge is -2.12. The quantitative estimate of drug-likeness (QED) is 0.357. The van der Waals surface area contributed by atoms with Crippen molar-refractivity contribution in [2.75, 3.05) is 0 Å². The summed E-state index contributed by atoms with van der Waals surface area (Å²) in [5.41, 5.74) is 3.01. The molecule has 35 heavy (non-hydrogen) atoms. The molecule has 0 amide bonds. The fraction of sp³-hybridized carbons (Fsp3) is 0.231. The van der Waals surface area contributed by atoms with Gasteiger partial charge in [-0.1, -0.05) is 66.1 Å².